The molecule has 2 atom stereocenters. The Morgan fingerprint density at radius 3 is 2.89 bits per heavy atom. The third-order valence-corrected chi connectivity index (χ3v) is 4.32. The van der Waals surface area contributed by atoms with Gasteiger partial charge >= 0.3 is 0 Å². The fraction of sp³-hybridized carbons (Fsp3) is 0.846. The Morgan fingerprint density at radius 1 is 1.37 bits per heavy atom. The zero-order chi connectivity index (χ0) is 13.2. The summed E-state index contributed by atoms with van der Waals surface area (Å²) in [6, 6.07) is 0.249. The van der Waals surface area contributed by atoms with Crippen LogP contribution in [0.2, 0.25) is 0 Å². The van der Waals surface area contributed by atoms with Crippen LogP contribution in [0.5, 0.6) is 0 Å². The summed E-state index contributed by atoms with van der Waals surface area (Å²) >= 11 is 0. The van der Waals surface area contributed by atoms with Crippen molar-refractivity contribution in [1.29, 1.82) is 0 Å². The zero-order valence-electron chi connectivity index (χ0n) is 11.1. The van der Waals surface area contributed by atoms with Gasteiger partial charge in [0.15, 0.2) is 0 Å². The van der Waals surface area contributed by atoms with Gasteiger partial charge in [0.2, 0.25) is 11.8 Å². The molecule has 1 N–H and O–H groups in total. The third kappa shape index (κ3) is 2.60. The van der Waals surface area contributed by atoms with Gasteiger partial charge in [-0.3, -0.25) is 9.59 Å². The Balaban J connectivity index is 1.57. The molecule has 0 bridgehead atoms. The fourth-order valence-corrected chi connectivity index (χ4v) is 3.22. The van der Waals surface area contributed by atoms with E-state index >= 15 is 0 Å². The number of rotatable bonds is 2. The molecular weight excluding hydrogens is 246 g/mol. The van der Waals surface area contributed by atoms with E-state index in [-0.39, 0.29) is 30.3 Å². The Hall–Kier alpha value is -1.14. The van der Waals surface area contributed by atoms with E-state index < -0.39 is 0 Å². The molecule has 6 nitrogen and oxygen atoms in total. The molecule has 0 aromatic carbocycles. The van der Waals surface area contributed by atoms with Crippen molar-refractivity contribution in [1.82, 2.24) is 15.1 Å². The first kappa shape index (κ1) is 12.9. The minimum Gasteiger partial charge on any atom is -0.378 e. The molecule has 2 amide bonds. The van der Waals surface area contributed by atoms with Crippen LogP contribution in [0, 0.1) is 5.92 Å². The summed E-state index contributed by atoms with van der Waals surface area (Å²) < 4.78 is 5.23. The van der Waals surface area contributed by atoms with Crippen molar-refractivity contribution in [3.63, 3.8) is 0 Å². The van der Waals surface area contributed by atoms with E-state index in [9.17, 15) is 9.59 Å². The van der Waals surface area contributed by atoms with Gasteiger partial charge in [-0.05, 0) is 19.4 Å². The van der Waals surface area contributed by atoms with E-state index in [0.29, 0.717) is 32.8 Å². The van der Waals surface area contributed by atoms with E-state index in [1.807, 2.05) is 0 Å². The number of hydrogen-bond acceptors (Lipinski definition) is 4. The standard InChI is InChI=1S/C13H21N3O3/c17-12(15-4-6-19-7-5-15)9-16-8-11-10(13(16)18)2-1-3-14-11/h10-11,14H,1-9H2. The van der Waals surface area contributed by atoms with Gasteiger partial charge in [0.05, 0.1) is 25.7 Å². The Labute approximate surface area is 113 Å². The lowest BCUT2D eigenvalue weighted by atomic mass is 9.94. The van der Waals surface area contributed by atoms with Crippen LogP contribution in [0.3, 0.4) is 0 Å². The highest BCUT2D eigenvalue weighted by Crippen LogP contribution is 2.26. The number of carbonyl (C=O) groups is 2. The number of piperidine rings is 1. The maximum atomic E-state index is 12.2. The van der Waals surface area contributed by atoms with Crippen molar-refractivity contribution in [3.8, 4) is 0 Å². The summed E-state index contributed by atoms with van der Waals surface area (Å²) in [5.74, 6) is 0.292. The molecule has 0 aromatic heterocycles. The second kappa shape index (κ2) is 5.46. The van der Waals surface area contributed by atoms with Gasteiger partial charge in [0.25, 0.3) is 0 Å². The smallest absolute Gasteiger partial charge is 0.242 e. The molecule has 3 saturated heterocycles. The number of amides is 2. The SMILES string of the molecule is O=C(CN1CC2NCCCC2C1=O)N1CCOCC1. The molecule has 3 heterocycles. The van der Waals surface area contributed by atoms with Crippen molar-refractivity contribution in [3.05, 3.63) is 0 Å². The topological polar surface area (TPSA) is 61.9 Å². The summed E-state index contributed by atoms with van der Waals surface area (Å²) in [4.78, 5) is 27.9. The highest BCUT2D eigenvalue weighted by Gasteiger charge is 2.42. The number of nitrogens with zero attached hydrogens (tertiary/aromatic N) is 2. The first-order chi connectivity index (χ1) is 9.25. The van der Waals surface area contributed by atoms with E-state index in [0.717, 1.165) is 19.4 Å². The minimum absolute atomic E-state index is 0.0512. The van der Waals surface area contributed by atoms with Gasteiger partial charge in [0, 0.05) is 25.7 Å². The van der Waals surface area contributed by atoms with Crippen LogP contribution in [0.15, 0.2) is 0 Å². The van der Waals surface area contributed by atoms with Crippen LogP contribution in [-0.4, -0.2) is 73.6 Å². The van der Waals surface area contributed by atoms with Crippen molar-refractivity contribution in [2.75, 3.05) is 45.9 Å². The van der Waals surface area contributed by atoms with Crippen molar-refractivity contribution >= 4 is 11.8 Å². The third-order valence-electron chi connectivity index (χ3n) is 4.32. The molecule has 6 heteroatoms. The van der Waals surface area contributed by atoms with Gasteiger partial charge in [-0.15, -0.1) is 0 Å². The summed E-state index contributed by atoms with van der Waals surface area (Å²) in [7, 11) is 0. The lowest BCUT2D eigenvalue weighted by molar-refractivity contribution is -0.142. The number of likely N-dealkylation sites (tertiary alicyclic amines) is 1. The molecule has 106 valence electrons. The van der Waals surface area contributed by atoms with E-state index in [1.54, 1.807) is 9.80 Å². The average Bonchev–Trinajstić information content (AvgIpc) is 2.77. The van der Waals surface area contributed by atoms with Gasteiger partial charge in [0.1, 0.15) is 0 Å². The molecule has 3 aliphatic heterocycles. The van der Waals surface area contributed by atoms with Gasteiger partial charge in [-0.2, -0.15) is 0 Å². The molecule has 3 fully saturated rings. The highest BCUT2D eigenvalue weighted by atomic mass is 16.5. The fourth-order valence-electron chi connectivity index (χ4n) is 3.22. The Bertz CT molecular complexity index is 368. The first-order valence-electron chi connectivity index (χ1n) is 7.13. The molecule has 3 rings (SSSR count). The monoisotopic (exact) mass is 267 g/mol. The maximum Gasteiger partial charge on any atom is 0.242 e. The predicted molar refractivity (Wildman–Crippen MR) is 68.5 cm³/mol. The van der Waals surface area contributed by atoms with Crippen LogP contribution < -0.4 is 5.32 Å². The quantitative estimate of drug-likeness (QED) is 0.701. The van der Waals surface area contributed by atoms with Gasteiger partial charge in [-0.25, -0.2) is 0 Å². The predicted octanol–water partition coefficient (Wildman–Crippen LogP) is -0.944. The van der Waals surface area contributed by atoms with Gasteiger partial charge < -0.3 is 19.9 Å². The second-order valence-electron chi connectivity index (χ2n) is 5.52. The number of ether oxygens (including phenoxy) is 1. The summed E-state index contributed by atoms with van der Waals surface area (Å²) in [5.41, 5.74) is 0. The lowest BCUT2D eigenvalue weighted by Crippen LogP contribution is -2.46. The Morgan fingerprint density at radius 2 is 2.16 bits per heavy atom. The molecule has 2 unspecified atom stereocenters. The highest BCUT2D eigenvalue weighted by molar-refractivity contribution is 5.88. The van der Waals surface area contributed by atoms with Gasteiger partial charge in [-0.1, -0.05) is 0 Å². The van der Waals surface area contributed by atoms with Crippen LogP contribution >= 0.6 is 0 Å². The zero-order valence-corrected chi connectivity index (χ0v) is 11.1. The average molecular weight is 267 g/mol. The molecule has 0 aliphatic carbocycles. The Kier molecular flexibility index (Phi) is 3.70. The van der Waals surface area contributed by atoms with Crippen LogP contribution in [0.25, 0.3) is 0 Å². The molecule has 0 aromatic rings. The summed E-state index contributed by atoms with van der Waals surface area (Å²) in [6.07, 6.45) is 2.01. The summed E-state index contributed by atoms with van der Waals surface area (Å²) in [5, 5.41) is 3.39. The molecular formula is C13H21N3O3. The number of hydrogen-bond donors (Lipinski definition) is 1. The van der Waals surface area contributed by atoms with Crippen LogP contribution in [0.1, 0.15) is 12.8 Å². The minimum atomic E-state index is 0.0512. The number of fused-ring (bicyclic) bond motifs is 1. The molecule has 19 heavy (non-hydrogen) atoms. The van der Waals surface area contributed by atoms with Crippen LogP contribution in [-0.2, 0) is 14.3 Å². The maximum absolute atomic E-state index is 12.2. The summed E-state index contributed by atoms with van der Waals surface area (Å²) in [6.45, 7) is 4.39. The number of nitrogens with one attached hydrogen (secondary N) is 1. The molecule has 0 saturated carbocycles. The van der Waals surface area contributed by atoms with Crippen molar-refractivity contribution < 1.29 is 14.3 Å². The van der Waals surface area contributed by atoms with Crippen molar-refractivity contribution in [2.24, 2.45) is 5.92 Å². The largest absolute Gasteiger partial charge is 0.378 e. The number of morpholine rings is 1. The van der Waals surface area contributed by atoms with Crippen molar-refractivity contribution in [2.45, 2.75) is 18.9 Å². The lowest BCUT2D eigenvalue weighted by Gasteiger charge is -2.28. The van der Waals surface area contributed by atoms with E-state index in [1.165, 1.54) is 0 Å². The molecule has 0 spiro atoms. The first-order valence-corrected chi connectivity index (χ1v) is 7.13. The van der Waals surface area contributed by atoms with E-state index in [2.05, 4.69) is 5.32 Å². The van der Waals surface area contributed by atoms with Crippen LogP contribution in [0.4, 0.5) is 0 Å². The molecule has 0 radical (unpaired) electrons. The number of carbonyl (C=O) groups excluding carboxylic acids is 2. The second-order valence-corrected chi connectivity index (χ2v) is 5.52. The van der Waals surface area contributed by atoms with E-state index in [4.69, 9.17) is 4.74 Å². The molecule has 3 aliphatic rings. The normalized spacial score (nSPS) is 31.5.